The minimum atomic E-state index is 0. The van der Waals surface area contributed by atoms with E-state index in [1.807, 2.05) is 18.2 Å². The Morgan fingerprint density at radius 1 is 1.12 bits per heavy atom. The van der Waals surface area contributed by atoms with E-state index in [9.17, 15) is 0 Å². The first-order valence-corrected chi connectivity index (χ1v) is 7.93. The topological polar surface area (TPSA) is 42.7 Å². The molecular formula is C17H19Cl3N4. The molecule has 1 N–H and O–H groups in total. The standard InChI is InChI=1S/C17H17ClN4.2ClH/c1-11-7-16(20-15-4-3-12(18)8-14(11)15)17-9-13-10-19-5-2-6-22(13)21-17;;/h3-4,7-9,19H,2,5-6,10H2,1H3;2*1H. The maximum Gasteiger partial charge on any atom is 0.111 e. The number of benzene rings is 1. The van der Waals surface area contributed by atoms with E-state index in [4.69, 9.17) is 21.7 Å². The highest BCUT2D eigenvalue weighted by molar-refractivity contribution is 6.31. The van der Waals surface area contributed by atoms with E-state index in [-0.39, 0.29) is 24.8 Å². The number of pyridine rings is 1. The highest BCUT2D eigenvalue weighted by Crippen LogP contribution is 2.26. The van der Waals surface area contributed by atoms with Crippen LogP contribution in [0.5, 0.6) is 0 Å². The first-order valence-electron chi connectivity index (χ1n) is 7.55. The molecule has 3 aromatic rings. The van der Waals surface area contributed by atoms with Gasteiger partial charge in [0, 0.05) is 23.5 Å². The van der Waals surface area contributed by atoms with Crippen LogP contribution in [0.2, 0.25) is 5.02 Å². The van der Waals surface area contributed by atoms with Crippen LogP contribution in [0.1, 0.15) is 17.7 Å². The van der Waals surface area contributed by atoms with Gasteiger partial charge in [0.2, 0.25) is 0 Å². The molecule has 0 saturated carbocycles. The number of nitrogens with zero attached hydrogens (tertiary/aromatic N) is 3. The average Bonchev–Trinajstić information content (AvgIpc) is 2.79. The fraction of sp³-hybridized carbons (Fsp3) is 0.294. The van der Waals surface area contributed by atoms with Gasteiger partial charge in [-0.25, -0.2) is 4.98 Å². The van der Waals surface area contributed by atoms with Crippen molar-refractivity contribution in [3.8, 4) is 11.4 Å². The van der Waals surface area contributed by atoms with E-state index in [2.05, 4.69) is 29.1 Å². The van der Waals surface area contributed by atoms with Crippen molar-refractivity contribution < 1.29 is 0 Å². The number of halogens is 3. The summed E-state index contributed by atoms with van der Waals surface area (Å²) in [5, 5.41) is 9.99. The van der Waals surface area contributed by atoms with Crippen LogP contribution in [-0.4, -0.2) is 21.3 Å². The van der Waals surface area contributed by atoms with Gasteiger partial charge in [0.25, 0.3) is 0 Å². The normalized spacial score (nSPS) is 13.6. The molecule has 0 bridgehead atoms. The molecule has 4 nitrogen and oxygen atoms in total. The molecule has 7 heteroatoms. The van der Waals surface area contributed by atoms with Crippen LogP contribution in [-0.2, 0) is 13.1 Å². The average molecular weight is 386 g/mol. The molecule has 24 heavy (non-hydrogen) atoms. The van der Waals surface area contributed by atoms with Crippen molar-refractivity contribution in [3.63, 3.8) is 0 Å². The molecule has 1 aliphatic rings. The van der Waals surface area contributed by atoms with Crippen LogP contribution in [0.4, 0.5) is 0 Å². The minimum Gasteiger partial charge on any atom is -0.311 e. The summed E-state index contributed by atoms with van der Waals surface area (Å²) in [5.74, 6) is 0. The largest absolute Gasteiger partial charge is 0.311 e. The molecule has 0 aliphatic carbocycles. The van der Waals surface area contributed by atoms with Gasteiger partial charge >= 0.3 is 0 Å². The predicted molar refractivity (Wildman–Crippen MR) is 104 cm³/mol. The molecule has 1 aromatic carbocycles. The van der Waals surface area contributed by atoms with Crippen molar-refractivity contribution in [2.45, 2.75) is 26.4 Å². The summed E-state index contributed by atoms with van der Waals surface area (Å²) < 4.78 is 2.10. The molecule has 128 valence electrons. The van der Waals surface area contributed by atoms with E-state index in [0.717, 1.165) is 53.4 Å². The van der Waals surface area contributed by atoms with Crippen molar-refractivity contribution in [1.82, 2.24) is 20.1 Å². The molecule has 2 aromatic heterocycles. The number of nitrogens with one attached hydrogen (secondary N) is 1. The van der Waals surface area contributed by atoms with Crippen LogP contribution in [0.3, 0.4) is 0 Å². The summed E-state index contributed by atoms with van der Waals surface area (Å²) in [6, 6.07) is 10.1. The molecule has 0 radical (unpaired) electrons. The Kier molecular flexibility index (Phi) is 6.10. The van der Waals surface area contributed by atoms with Crippen molar-refractivity contribution in [2.75, 3.05) is 6.54 Å². The second-order valence-electron chi connectivity index (χ2n) is 5.76. The zero-order chi connectivity index (χ0) is 15.1. The van der Waals surface area contributed by atoms with Gasteiger partial charge < -0.3 is 5.32 Å². The number of hydrogen-bond acceptors (Lipinski definition) is 3. The first-order chi connectivity index (χ1) is 10.7. The lowest BCUT2D eigenvalue weighted by Crippen LogP contribution is -2.11. The number of fused-ring (bicyclic) bond motifs is 2. The van der Waals surface area contributed by atoms with Crippen molar-refractivity contribution in [2.24, 2.45) is 0 Å². The Bertz CT molecular complexity index is 837. The van der Waals surface area contributed by atoms with Crippen LogP contribution >= 0.6 is 36.4 Å². The van der Waals surface area contributed by atoms with Gasteiger partial charge in [-0.3, -0.25) is 4.68 Å². The van der Waals surface area contributed by atoms with Crippen LogP contribution in [0, 0.1) is 6.92 Å². The van der Waals surface area contributed by atoms with Crippen LogP contribution in [0.15, 0.2) is 30.3 Å². The molecule has 0 fully saturated rings. The number of aromatic nitrogens is 3. The summed E-state index contributed by atoms with van der Waals surface area (Å²) in [6.07, 6.45) is 1.11. The van der Waals surface area contributed by atoms with Crippen LogP contribution < -0.4 is 5.32 Å². The SMILES string of the molecule is Cc1cc(-c2cc3n(n2)CCCNC3)nc2ccc(Cl)cc12.Cl.Cl. The maximum atomic E-state index is 6.08. The van der Waals surface area contributed by atoms with Gasteiger partial charge in [-0.15, -0.1) is 24.8 Å². The predicted octanol–water partition coefficient (Wildman–Crippen LogP) is 4.40. The summed E-state index contributed by atoms with van der Waals surface area (Å²) in [7, 11) is 0. The molecule has 1 aliphatic heterocycles. The summed E-state index contributed by atoms with van der Waals surface area (Å²) in [4.78, 5) is 4.76. The van der Waals surface area contributed by atoms with E-state index < -0.39 is 0 Å². The highest BCUT2D eigenvalue weighted by Gasteiger charge is 2.14. The summed E-state index contributed by atoms with van der Waals surface area (Å²) in [5.41, 5.74) is 5.22. The molecule has 0 atom stereocenters. The third-order valence-electron chi connectivity index (χ3n) is 4.13. The third kappa shape index (κ3) is 3.52. The van der Waals surface area contributed by atoms with E-state index in [0.29, 0.717) is 0 Å². The Hall–Kier alpha value is -1.33. The smallest absolute Gasteiger partial charge is 0.111 e. The monoisotopic (exact) mass is 384 g/mol. The van der Waals surface area contributed by atoms with Crippen molar-refractivity contribution >= 4 is 47.3 Å². The van der Waals surface area contributed by atoms with Gasteiger partial charge in [0.1, 0.15) is 5.69 Å². The molecule has 0 spiro atoms. The second kappa shape index (κ2) is 7.70. The van der Waals surface area contributed by atoms with Crippen molar-refractivity contribution in [1.29, 1.82) is 0 Å². The Morgan fingerprint density at radius 3 is 2.79 bits per heavy atom. The molecule has 0 saturated heterocycles. The Balaban J connectivity index is 0.00000104. The molecule has 4 rings (SSSR count). The van der Waals surface area contributed by atoms with Gasteiger partial charge in [-0.1, -0.05) is 11.6 Å². The van der Waals surface area contributed by atoms with Crippen LogP contribution in [0.25, 0.3) is 22.3 Å². The Morgan fingerprint density at radius 2 is 1.96 bits per heavy atom. The minimum absolute atomic E-state index is 0. The summed E-state index contributed by atoms with van der Waals surface area (Å²) >= 11 is 6.08. The molecule has 0 unspecified atom stereocenters. The molecule has 3 heterocycles. The third-order valence-corrected chi connectivity index (χ3v) is 4.37. The maximum absolute atomic E-state index is 6.08. The van der Waals surface area contributed by atoms with E-state index >= 15 is 0 Å². The van der Waals surface area contributed by atoms with Gasteiger partial charge in [0.05, 0.1) is 16.9 Å². The fourth-order valence-electron chi connectivity index (χ4n) is 2.98. The lowest BCUT2D eigenvalue weighted by Gasteiger charge is -2.05. The van der Waals surface area contributed by atoms with E-state index in [1.54, 1.807) is 0 Å². The number of aryl methyl sites for hydroxylation is 2. The zero-order valence-electron chi connectivity index (χ0n) is 13.3. The quantitative estimate of drug-likeness (QED) is 0.675. The number of rotatable bonds is 1. The lowest BCUT2D eigenvalue weighted by molar-refractivity contribution is 0.589. The molecular weight excluding hydrogens is 367 g/mol. The zero-order valence-corrected chi connectivity index (χ0v) is 15.6. The van der Waals surface area contributed by atoms with E-state index in [1.165, 1.54) is 11.3 Å². The lowest BCUT2D eigenvalue weighted by atomic mass is 10.1. The highest BCUT2D eigenvalue weighted by atomic mass is 35.5. The Labute approximate surface area is 158 Å². The van der Waals surface area contributed by atoms with Gasteiger partial charge in [-0.2, -0.15) is 5.10 Å². The molecule has 0 amide bonds. The fourth-order valence-corrected chi connectivity index (χ4v) is 3.16. The van der Waals surface area contributed by atoms with Gasteiger partial charge in [0.15, 0.2) is 0 Å². The number of hydrogen-bond donors (Lipinski definition) is 1. The summed E-state index contributed by atoms with van der Waals surface area (Å²) in [6.45, 7) is 4.97. The van der Waals surface area contributed by atoms with Crippen molar-refractivity contribution in [3.05, 3.63) is 46.6 Å². The van der Waals surface area contributed by atoms with Gasteiger partial charge in [-0.05, 0) is 55.8 Å². The first kappa shape index (κ1) is 19.0. The second-order valence-corrected chi connectivity index (χ2v) is 6.20.